The number of likely N-dealkylation sites (tertiary alicyclic amines) is 1. The third kappa shape index (κ3) is 5.04. The van der Waals surface area contributed by atoms with Crippen LogP contribution >= 0.6 is 11.6 Å². The Hall–Kier alpha value is -2.11. The van der Waals surface area contributed by atoms with E-state index in [1.54, 1.807) is 6.20 Å². The SMILES string of the molecule is Cc1c(OCC2CC2)ccc2c(CCC3CCN(Cc4ccc(Cl)cn4)CC3)noc12. The Bertz CT molecular complexity index is 1020. The Balaban J connectivity index is 1.13. The van der Waals surface area contributed by atoms with Gasteiger partial charge in [0.1, 0.15) is 5.75 Å². The number of rotatable bonds is 8. The van der Waals surface area contributed by atoms with Crippen LogP contribution in [0, 0.1) is 18.8 Å². The van der Waals surface area contributed by atoms with E-state index in [2.05, 4.69) is 34.1 Å². The van der Waals surface area contributed by atoms with E-state index in [0.29, 0.717) is 5.02 Å². The molecule has 0 spiro atoms. The van der Waals surface area contributed by atoms with Crippen molar-refractivity contribution >= 4 is 22.6 Å². The average Bonchev–Trinajstić information content (AvgIpc) is 3.52. The number of hydrogen-bond donors (Lipinski definition) is 0. The van der Waals surface area contributed by atoms with Gasteiger partial charge in [-0.2, -0.15) is 0 Å². The van der Waals surface area contributed by atoms with Gasteiger partial charge in [0, 0.05) is 23.7 Å². The molecule has 6 heteroatoms. The largest absolute Gasteiger partial charge is 0.493 e. The quantitative estimate of drug-likeness (QED) is 0.442. The van der Waals surface area contributed by atoms with Gasteiger partial charge in [0.25, 0.3) is 0 Å². The lowest BCUT2D eigenvalue weighted by Gasteiger charge is -2.31. The lowest BCUT2D eigenvalue weighted by molar-refractivity contribution is 0.170. The van der Waals surface area contributed by atoms with Crippen LogP contribution in [0.1, 0.15) is 49.1 Å². The summed E-state index contributed by atoms with van der Waals surface area (Å²) in [6.45, 7) is 6.04. The van der Waals surface area contributed by atoms with Crippen LogP contribution in [0.3, 0.4) is 0 Å². The Morgan fingerprint density at radius 2 is 1.94 bits per heavy atom. The molecule has 0 N–H and O–H groups in total. The summed E-state index contributed by atoms with van der Waals surface area (Å²) in [5.74, 6) is 2.42. The highest BCUT2D eigenvalue weighted by Gasteiger charge is 2.23. The number of nitrogens with zero attached hydrogens (tertiary/aromatic N) is 3. The topological polar surface area (TPSA) is 51.4 Å². The first-order valence-electron chi connectivity index (χ1n) is 11.5. The molecule has 1 aromatic carbocycles. The maximum Gasteiger partial charge on any atom is 0.173 e. The zero-order valence-electron chi connectivity index (χ0n) is 18.1. The summed E-state index contributed by atoms with van der Waals surface area (Å²) in [4.78, 5) is 6.92. The predicted octanol–water partition coefficient (Wildman–Crippen LogP) is 5.82. The van der Waals surface area contributed by atoms with E-state index in [-0.39, 0.29) is 0 Å². The molecule has 2 aliphatic rings. The predicted molar refractivity (Wildman–Crippen MR) is 123 cm³/mol. The van der Waals surface area contributed by atoms with Crippen molar-refractivity contribution in [2.75, 3.05) is 19.7 Å². The molecule has 1 aliphatic carbocycles. The fourth-order valence-electron chi connectivity index (χ4n) is 4.50. The molecule has 3 aromatic rings. The Labute approximate surface area is 188 Å². The lowest BCUT2D eigenvalue weighted by Crippen LogP contribution is -2.33. The third-order valence-electron chi connectivity index (χ3n) is 6.76. The van der Waals surface area contributed by atoms with Crippen LogP contribution < -0.4 is 4.74 Å². The Morgan fingerprint density at radius 1 is 1.10 bits per heavy atom. The van der Waals surface area contributed by atoms with E-state index in [4.69, 9.17) is 20.9 Å². The average molecular weight is 440 g/mol. The third-order valence-corrected chi connectivity index (χ3v) is 6.98. The number of fused-ring (bicyclic) bond motifs is 1. The van der Waals surface area contributed by atoms with Gasteiger partial charge in [-0.1, -0.05) is 16.8 Å². The fraction of sp³-hybridized carbons (Fsp3) is 0.520. The number of ether oxygens (including phenoxy) is 1. The van der Waals surface area contributed by atoms with Crippen LogP contribution in [-0.2, 0) is 13.0 Å². The molecule has 0 radical (unpaired) electrons. The van der Waals surface area contributed by atoms with Gasteiger partial charge in [-0.25, -0.2) is 0 Å². The van der Waals surface area contributed by atoms with Crippen molar-refractivity contribution in [1.82, 2.24) is 15.0 Å². The molecule has 1 saturated heterocycles. The highest BCUT2D eigenvalue weighted by Crippen LogP contribution is 2.34. The molecule has 2 fully saturated rings. The van der Waals surface area contributed by atoms with Gasteiger partial charge in [0.15, 0.2) is 5.58 Å². The Morgan fingerprint density at radius 3 is 2.68 bits per heavy atom. The summed E-state index contributed by atoms with van der Waals surface area (Å²) >= 11 is 5.94. The van der Waals surface area contributed by atoms with E-state index in [0.717, 1.165) is 84.6 Å². The normalized spacial score (nSPS) is 18.0. The molecule has 2 aromatic heterocycles. The molecular formula is C25H30ClN3O2. The minimum Gasteiger partial charge on any atom is -0.493 e. The zero-order valence-corrected chi connectivity index (χ0v) is 18.9. The van der Waals surface area contributed by atoms with Gasteiger partial charge >= 0.3 is 0 Å². The molecule has 5 rings (SSSR count). The number of aryl methyl sites for hydroxylation is 2. The summed E-state index contributed by atoms with van der Waals surface area (Å²) in [5, 5.41) is 6.24. The molecule has 1 saturated carbocycles. The first kappa shape index (κ1) is 20.8. The lowest BCUT2D eigenvalue weighted by atomic mass is 9.91. The maximum atomic E-state index is 5.99. The summed E-state index contributed by atoms with van der Waals surface area (Å²) < 4.78 is 11.7. The van der Waals surface area contributed by atoms with E-state index in [9.17, 15) is 0 Å². The number of halogens is 1. The summed E-state index contributed by atoms with van der Waals surface area (Å²) in [7, 11) is 0. The van der Waals surface area contributed by atoms with E-state index in [1.165, 1.54) is 25.7 Å². The van der Waals surface area contributed by atoms with Crippen molar-refractivity contribution in [1.29, 1.82) is 0 Å². The first-order chi connectivity index (χ1) is 15.2. The monoisotopic (exact) mass is 439 g/mol. The van der Waals surface area contributed by atoms with Crippen molar-refractivity contribution < 1.29 is 9.26 Å². The maximum absolute atomic E-state index is 5.99. The van der Waals surface area contributed by atoms with Gasteiger partial charge in [-0.3, -0.25) is 9.88 Å². The molecule has 5 nitrogen and oxygen atoms in total. The van der Waals surface area contributed by atoms with Gasteiger partial charge in [0.05, 0.1) is 23.0 Å². The highest BCUT2D eigenvalue weighted by atomic mass is 35.5. The number of benzene rings is 1. The molecule has 164 valence electrons. The number of pyridine rings is 1. The second-order valence-electron chi connectivity index (χ2n) is 9.17. The van der Waals surface area contributed by atoms with E-state index < -0.39 is 0 Å². The van der Waals surface area contributed by atoms with Gasteiger partial charge in [-0.15, -0.1) is 0 Å². The van der Waals surface area contributed by atoms with Crippen molar-refractivity contribution in [2.45, 2.75) is 52.0 Å². The second-order valence-corrected chi connectivity index (χ2v) is 9.61. The van der Waals surface area contributed by atoms with Gasteiger partial charge < -0.3 is 9.26 Å². The van der Waals surface area contributed by atoms with Crippen molar-refractivity contribution in [3.63, 3.8) is 0 Å². The van der Waals surface area contributed by atoms with Crippen molar-refractivity contribution in [3.05, 3.63) is 52.4 Å². The van der Waals surface area contributed by atoms with E-state index in [1.807, 2.05) is 12.1 Å². The molecule has 31 heavy (non-hydrogen) atoms. The highest BCUT2D eigenvalue weighted by molar-refractivity contribution is 6.30. The molecule has 0 amide bonds. The van der Waals surface area contributed by atoms with Crippen LogP contribution in [0.25, 0.3) is 11.0 Å². The van der Waals surface area contributed by atoms with Crippen LogP contribution in [-0.4, -0.2) is 34.7 Å². The van der Waals surface area contributed by atoms with Crippen molar-refractivity contribution in [3.8, 4) is 5.75 Å². The van der Waals surface area contributed by atoms with Crippen LogP contribution in [0.2, 0.25) is 5.02 Å². The van der Waals surface area contributed by atoms with Gasteiger partial charge in [0.2, 0.25) is 0 Å². The fourth-order valence-corrected chi connectivity index (χ4v) is 4.61. The van der Waals surface area contributed by atoms with Crippen molar-refractivity contribution in [2.24, 2.45) is 11.8 Å². The first-order valence-corrected chi connectivity index (χ1v) is 11.9. The molecule has 3 heterocycles. The molecule has 0 atom stereocenters. The molecule has 0 unspecified atom stereocenters. The molecule has 0 bridgehead atoms. The summed E-state index contributed by atoms with van der Waals surface area (Å²) in [6.07, 6.45) is 8.90. The molecular weight excluding hydrogens is 410 g/mol. The minimum atomic E-state index is 0.694. The standard InChI is InChI=1S/C25H30ClN3O2/c1-17-24(30-16-19-2-3-19)9-7-22-23(28-31-25(17)22)8-4-18-10-12-29(13-11-18)15-21-6-5-20(26)14-27-21/h5-7,9,14,18-19H,2-4,8,10-13,15-16H2,1H3. The van der Waals surface area contributed by atoms with Crippen LogP contribution in [0.15, 0.2) is 35.0 Å². The number of piperidine rings is 1. The smallest absolute Gasteiger partial charge is 0.173 e. The minimum absolute atomic E-state index is 0.694. The van der Waals surface area contributed by atoms with Gasteiger partial charge in [-0.05, 0) is 94.6 Å². The summed E-state index contributed by atoms with van der Waals surface area (Å²) in [5.41, 5.74) is 4.13. The Kier molecular flexibility index (Phi) is 6.15. The summed E-state index contributed by atoms with van der Waals surface area (Å²) in [6, 6.07) is 8.15. The molecule has 1 aliphatic heterocycles. The van der Waals surface area contributed by atoms with Crippen LogP contribution in [0.5, 0.6) is 5.75 Å². The zero-order chi connectivity index (χ0) is 21.2. The van der Waals surface area contributed by atoms with E-state index >= 15 is 0 Å². The van der Waals surface area contributed by atoms with Crippen LogP contribution in [0.4, 0.5) is 0 Å². The number of hydrogen-bond acceptors (Lipinski definition) is 5. The number of aromatic nitrogens is 2. The second kappa shape index (κ2) is 9.17.